The maximum absolute atomic E-state index is 12.8. The predicted molar refractivity (Wildman–Crippen MR) is 125 cm³/mol. The van der Waals surface area contributed by atoms with Crippen molar-refractivity contribution in [3.8, 4) is 5.75 Å². The van der Waals surface area contributed by atoms with Crippen molar-refractivity contribution in [2.45, 2.75) is 6.54 Å². The van der Waals surface area contributed by atoms with Crippen molar-refractivity contribution < 1.29 is 9.90 Å². The molecule has 8 heteroatoms. The molecular weight excluding hydrogens is 514 g/mol. The summed E-state index contributed by atoms with van der Waals surface area (Å²) >= 11 is 6.51. The number of hydrogen-bond acceptors (Lipinski definition) is 4. The molecule has 0 aliphatic rings. The van der Waals surface area contributed by atoms with E-state index in [9.17, 15) is 14.7 Å². The molecule has 0 aliphatic carbocycles. The minimum Gasteiger partial charge on any atom is -0.506 e. The highest BCUT2D eigenvalue weighted by molar-refractivity contribution is 9.11. The summed E-state index contributed by atoms with van der Waals surface area (Å²) in [4.78, 5) is 25.4. The molecule has 3 aromatic carbocycles. The largest absolute Gasteiger partial charge is 0.506 e. The Hall–Kier alpha value is -2.97. The number of halogens is 2. The fourth-order valence-corrected chi connectivity index (χ4v) is 4.49. The Labute approximate surface area is 188 Å². The summed E-state index contributed by atoms with van der Waals surface area (Å²) < 4.78 is 2.83. The monoisotopic (exact) mass is 527 g/mol. The van der Waals surface area contributed by atoms with Crippen molar-refractivity contribution in [3.63, 3.8) is 0 Å². The van der Waals surface area contributed by atoms with E-state index in [1.54, 1.807) is 36.4 Å². The molecule has 0 saturated heterocycles. The maximum Gasteiger partial charge on any atom is 0.260 e. The number of benzene rings is 3. The van der Waals surface area contributed by atoms with Crippen molar-refractivity contribution in [3.05, 3.63) is 85.4 Å². The van der Waals surface area contributed by atoms with Crippen molar-refractivity contribution in [1.29, 1.82) is 0 Å². The number of phenolic OH excluding ortho intramolecular Hbond substituents is 1. The van der Waals surface area contributed by atoms with Crippen LogP contribution >= 0.6 is 31.9 Å². The van der Waals surface area contributed by atoms with Crippen LogP contribution in [0.4, 0.5) is 0 Å². The van der Waals surface area contributed by atoms with Gasteiger partial charge in [-0.25, -0.2) is 5.43 Å². The lowest BCUT2D eigenvalue weighted by Gasteiger charge is -2.14. The first-order chi connectivity index (χ1) is 14.5. The number of para-hydroxylation sites is 2. The number of carbonyl (C=O) groups excluding carboxylic acids is 1. The summed E-state index contributed by atoms with van der Waals surface area (Å²) in [5.41, 5.74) is 4.52. The van der Waals surface area contributed by atoms with Gasteiger partial charge >= 0.3 is 0 Å². The van der Waals surface area contributed by atoms with Crippen molar-refractivity contribution in [2.75, 3.05) is 0 Å². The van der Waals surface area contributed by atoms with Gasteiger partial charge in [-0.05, 0) is 73.8 Å². The van der Waals surface area contributed by atoms with Crippen LogP contribution in [0.15, 0.2) is 79.5 Å². The Balaban J connectivity index is 1.63. The van der Waals surface area contributed by atoms with Crippen LogP contribution in [0, 0.1) is 0 Å². The van der Waals surface area contributed by atoms with E-state index in [0.717, 1.165) is 0 Å². The maximum atomic E-state index is 12.8. The third kappa shape index (κ3) is 3.88. The number of pyridine rings is 1. The van der Waals surface area contributed by atoms with Gasteiger partial charge in [0.25, 0.3) is 5.91 Å². The standard InChI is InChI=1S/C22H15Br2N3O3/c23-16-9-13(10-17(24)22(16)30)11-25-26-20(28)12-27-18-7-3-1-5-14(18)21(29)15-6-2-4-8-19(15)27/h1-11,30H,12H2,(H,26,28). The molecule has 0 spiro atoms. The molecule has 150 valence electrons. The van der Waals surface area contributed by atoms with Crippen molar-refractivity contribution >= 4 is 65.8 Å². The number of amides is 1. The van der Waals surface area contributed by atoms with Gasteiger partial charge in [0.1, 0.15) is 12.3 Å². The number of hydrogen-bond donors (Lipinski definition) is 2. The molecule has 0 bridgehead atoms. The average molecular weight is 529 g/mol. The Bertz CT molecular complexity index is 1300. The van der Waals surface area contributed by atoms with Gasteiger partial charge in [-0.15, -0.1) is 0 Å². The third-order valence-electron chi connectivity index (χ3n) is 4.62. The minimum absolute atomic E-state index is 0.00160. The quantitative estimate of drug-likeness (QED) is 0.232. The van der Waals surface area contributed by atoms with Crippen molar-refractivity contribution in [1.82, 2.24) is 9.99 Å². The predicted octanol–water partition coefficient (Wildman–Crippen LogP) is 4.54. The van der Waals surface area contributed by atoms with Gasteiger partial charge in [0.05, 0.1) is 26.2 Å². The van der Waals surface area contributed by atoms with E-state index >= 15 is 0 Å². The van der Waals surface area contributed by atoms with Gasteiger partial charge < -0.3 is 9.67 Å². The molecule has 6 nitrogen and oxygen atoms in total. The van der Waals surface area contributed by atoms with Gasteiger partial charge in [-0.2, -0.15) is 5.10 Å². The van der Waals surface area contributed by atoms with Crippen LogP contribution < -0.4 is 10.9 Å². The molecule has 0 unspecified atom stereocenters. The van der Waals surface area contributed by atoms with Gasteiger partial charge in [-0.1, -0.05) is 24.3 Å². The van der Waals surface area contributed by atoms with Gasteiger partial charge in [0.2, 0.25) is 0 Å². The third-order valence-corrected chi connectivity index (χ3v) is 5.83. The van der Waals surface area contributed by atoms with Crippen LogP contribution in [0.3, 0.4) is 0 Å². The van der Waals surface area contributed by atoms with Crippen LogP contribution in [0.5, 0.6) is 5.75 Å². The molecule has 2 N–H and O–H groups in total. The van der Waals surface area contributed by atoms with Gasteiger partial charge in [0, 0.05) is 10.8 Å². The Morgan fingerprint density at radius 2 is 1.53 bits per heavy atom. The van der Waals surface area contributed by atoms with E-state index in [1.165, 1.54) is 6.21 Å². The fourth-order valence-electron chi connectivity index (χ4n) is 3.26. The first kappa shape index (κ1) is 20.3. The highest BCUT2D eigenvalue weighted by Crippen LogP contribution is 2.32. The van der Waals surface area contributed by atoms with Crippen molar-refractivity contribution in [2.24, 2.45) is 5.10 Å². The molecule has 0 aliphatic heterocycles. The molecule has 4 aromatic rings. The lowest BCUT2D eigenvalue weighted by Crippen LogP contribution is -2.25. The SMILES string of the molecule is O=C(Cn1c2ccccc2c(=O)c2ccccc21)NN=Cc1cc(Br)c(O)c(Br)c1. The van der Waals surface area contributed by atoms with Crippen LogP contribution in [-0.4, -0.2) is 21.8 Å². The molecule has 0 saturated carbocycles. The highest BCUT2D eigenvalue weighted by Gasteiger charge is 2.12. The highest BCUT2D eigenvalue weighted by atomic mass is 79.9. The zero-order chi connectivity index (χ0) is 21.3. The Kier molecular flexibility index (Phi) is 5.69. The van der Waals surface area contributed by atoms with E-state index in [2.05, 4.69) is 42.4 Å². The summed E-state index contributed by atoms with van der Waals surface area (Å²) in [6.45, 7) is 0.00160. The minimum atomic E-state index is -0.331. The molecule has 30 heavy (non-hydrogen) atoms. The molecule has 0 fully saturated rings. The topological polar surface area (TPSA) is 83.7 Å². The molecule has 4 rings (SSSR count). The molecule has 0 radical (unpaired) electrons. The summed E-state index contributed by atoms with van der Waals surface area (Å²) in [5.74, 6) is -0.240. The number of nitrogens with zero attached hydrogens (tertiary/aromatic N) is 2. The number of aromatic nitrogens is 1. The fraction of sp³-hybridized carbons (Fsp3) is 0.0455. The van der Waals surface area contributed by atoms with E-state index in [0.29, 0.717) is 36.3 Å². The number of hydrazone groups is 1. The van der Waals surface area contributed by atoms with E-state index in [4.69, 9.17) is 0 Å². The number of aromatic hydroxyl groups is 1. The van der Waals surface area contributed by atoms with Crippen LogP contribution in [-0.2, 0) is 11.3 Å². The zero-order valence-electron chi connectivity index (χ0n) is 15.5. The first-order valence-corrected chi connectivity index (χ1v) is 10.5. The van der Waals surface area contributed by atoms with Crippen LogP contribution in [0.2, 0.25) is 0 Å². The zero-order valence-corrected chi connectivity index (χ0v) is 18.6. The smallest absolute Gasteiger partial charge is 0.260 e. The van der Waals surface area contributed by atoms with Gasteiger partial charge in [0.15, 0.2) is 5.43 Å². The van der Waals surface area contributed by atoms with E-state index in [1.807, 2.05) is 28.8 Å². The van der Waals surface area contributed by atoms with Gasteiger partial charge in [-0.3, -0.25) is 9.59 Å². The second-order valence-electron chi connectivity index (χ2n) is 6.58. The normalized spacial score (nSPS) is 11.4. The summed E-state index contributed by atoms with van der Waals surface area (Å²) in [5, 5.41) is 14.9. The molecular formula is C22H15Br2N3O3. The Morgan fingerprint density at radius 3 is 2.10 bits per heavy atom. The lowest BCUT2D eigenvalue weighted by molar-refractivity contribution is -0.121. The molecule has 1 aromatic heterocycles. The molecule has 1 heterocycles. The number of nitrogens with one attached hydrogen (secondary N) is 1. The number of carbonyl (C=O) groups is 1. The lowest BCUT2D eigenvalue weighted by atomic mass is 10.1. The number of fused-ring (bicyclic) bond motifs is 2. The number of rotatable bonds is 4. The average Bonchev–Trinajstić information content (AvgIpc) is 2.75. The first-order valence-electron chi connectivity index (χ1n) is 8.96. The second kappa shape index (κ2) is 8.41. The molecule has 1 amide bonds. The second-order valence-corrected chi connectivity index (χ2v) is 8.28. The summed E-state index contributed by atoms with van der Waals surface area (Å²) in [7, 11) is 0. The van der Waals surface area contributed by atoms with Crippen LogP contribution in [0.25, 0.3) is 21.8 Å². The molecule has 0 atom stereocenters. The summed E-state index contributed by atoms with van der Waals surface area (Å²) in [6, 6.07) is 17.8. The van der Waals surface area contributed by atoms with E-state index < -0.39 is 0 Å². The van der Waals surface area contributed by atoms with E-state index in [-0.39, 0.29) is 23.6 Å². The summed E-state index contributed by atoms with van der Waals surface area (Å²) in [6.07, 6.45) is 1.48. The number of phenols is 1. The Morgan fingerprint density at radius 1 is 1.00 bits per heavy atom. The van der Waals surface area contributed by atoms with Crippen LogP contribution in [0.1, 0.15) is 5.56 Å².